The van der Waals surface area contributed by atoms with Crippen LogP contribution in [0.3, 0.4) is 0 Å². The van der Waals surface area contributed by atoms with E-state index in [2.05, 4.69) is 11.1 Å². The largest absolute Gasteiger partial charge is 0.397 e. The second-order valence-corrected chi connectivity index (χ2v) is 8.93. The van der Waals surface area contributed by atoms with Crippen LogP contribution in [0.4, 0.5) is 0 Å². The summed E-state index contributed by atoms with van der Waals surface area (Å²) in [5, 5.41) is 0. The molecule has 162 valence electrons. The first kappa shape index (κ1) is 24.8. The molecule has 27 heavy (non-hydrogen) atoms. The van der Waals surface area contributed by atoms with Gasteiger partial charge in [0, 0.05) is 6.42 Å². The van der Waals surface area contributed by atoms with Crippen LogP contribution in [0, 0.1) is 0 Å². The molecule has 0 aliphatic carbocycles. The van der Waals surface area contributed by atoms with Crippen LogP contribution >= 0.6 is 0 Å². The minimum atomic E-state index is -4.34. The molecule has 0 bridgehead atoms. The Labute approximate surface area is 166 Å². The molecule has 0 aromatic carbocycles. The zero-order valence-electron chi connectivity index (χ0n) is 17.3. The Morgan fingerprint density at radius 1 is 1.00 bits per heavy atom. The fourth-order valence-electron chi connectivity index (χ4n) is 3.58. The second-order valence-electron chi connectivity index (χ2n) is 7.83. The Kier molecular flexibility index (Phi) is 12.8. The Morgan fingerprint density at radius 2 is 1.63 bits per heavy atom. The third-order valence-electron chi connectivity index (χ3n) is 5.15. The summed E-state index contributed by atoms with van der Waals surface area (Å²) in [5.41, 5.74) is 0. The fourth-order valence-corrected chi connectivity index (χ4v) is 3.91. The van der Waals surface area contributed by atoms with Crippen molar-refractivity contribution >= 4 is 10.4 Å². The molecule has 1 fully saturated rings. The maximum Gasteiger partial charge on any atom is 0.397 e. The van der Waals surface area contributed by atoms with Gasteiger partial charge in [-0.25, -0.2) is 4.18 Å². The normalized spacial score (nSPS) is 23.6. The SMILES string of the molecule is CCCCCCCCCCCC1CCOC(C)(CCCCOS(=O)(=O)O)O1. The number of ether oxygens (including phenoxy) is 2. The van der Waals surface area contributed by atoms with Crippen molar-refractivity contribution in [1.82, 2.24) is 0 Å². The van der Waals surface area contributed by atoms with Gasteiger partial charge in [-0.15, -0.1) is 0 Å². The molecule has 1 N–H and O–H groups in total. The van der Waals surface area contributed by atoms with E-state index in [1.54, 1.807) is 0 Å². The molecule has 0 saturated carbocycles. The van der Waals surface area contributed by atoms with Crippen molar-refractivity contribution in [3.05, 3.63) is 0 Å². The maximum atomic E-state index is 10.5. The van der Waals surface area contributed by atoms with Crippen LogP contribution in [0.15, 0.2) is 0 Å². The van der Waals surface area contributed by atoms with E-state index in [-0.39, 0.29) is 12.7 Å². The van der Waals surface area contributed by atoms with Gasteiger partial charge >= 0.3 is 10.4 Å². The smallest absolute Gasteiger partial charge is 0.350 e. The average molecular weight is 409 g/mol. The Balaban J connectivity index is 2.07. The van der Waals surface area contributed by atoms with Crippen molar-refractivity contribution < 1.29 is 26.6 Å². The average Bonchev–Trinajstić information content (AvgIpc) is 2.59. The van der Waals surface area contributed by atoms with Crippen molar-refractivity contribution in [3.63, 3.8) is 0 Å². The molecule has 6 nitrogen and oxygen atoms in total. The van der Waals surface area contributed by atoms with Gasteiger partial charge in [0.1, 0.15) is 0 Å². The first-order chi connectivity index (χ1) is 12.8. The Hall–Kier alpha value is -0.210. The molecule has 0 spiro atoms. The molecule has 0 aromatic heterocycles. The van der Waals surface area contributed by atoms with Gasteiger partial charge in [0.05, 0.1) is 19.3 Å². The lowest BCUT2D eigenvalue weighted by Gasteiger charge is -2.39. The van der Waals surface area contributed by atoms with Crippen LogP contribution in [0.1, 0.15) is 104 Å². The first-order valence-electron chi connectivity index (χ1n) is 10.8. The van der Waals surface area contributed by atoms with E-state index < -0.39 is 16.2 Å². The van der Waals surface area contributed by atoms with Crippen LogP contribution in [0.25, 0.3) is 0 Å². The minimum absolute atomic E-state index is 0.0171. The molecule has 2 atom stereocenters. The van der Waals surface area contributed by atoms with E-state index >= 15 is 0 Å². The summed E-state index contributed by atoms with van der Waals surface area (Å²) in [4.78, 5) is 0. The summed E-state index contributed by atoms with van der Waals surface area (Å²) < 4.78 is 45.9. The highest BCUT2D eigenvalue weighted by Gasteiger charge is 2.33. The van der Waals surface area contributed by atoms with Crippen LogP contribution in [-0.2, 0) is 24.1 Å². The molecule has 0 aromatic rings. The van der Waals surface area contributed by atoms with Crippen LogP contribution in [0.5, 0.6) is 0 Å². The number of unbranched alkanes of at least 4 members (excludes halogenated alkanes) is 9. The fraction of sp³-hybridized carbons (Fsp3) is 1.00. The number of hydrogen-bond donors (Lipinski definition) is 1. The topological polar surface area (TPSA) is 82.1 Å². The predicted octanol–water partition coefficient (Wildman–Crippen LogP) is 5.42. The van der Waals surface area contributed by atoms with E-state index in [4.69, 9.17) is 14.0 Å². The molecule has 1 aliphatic rings. The molecular formula is C20H40O6S. The van der Waals surface area contributed by atoms with Crippen LogP contribution < -0.4 is 0 Å². The van der Waals surface area contributed by atoms with E-state index in [0.29, 0.717) is 19.4 Å². The van der Waals surface area contributed by atoms with Gasteiger partial charge in [0.2, 0.25) is 0 Å². The number of rotatable bonds is 16. The van der Waals surface area contributed by atoms with Crippen LogP contribution in [-0.4, -0.2) is 38.1 Å². The van der Waals surface area contributed by atoms with Crippen molar-refractivity contribution in [1.29, 1.82) is 0 Å². The summed E-state index contributed by atoms with van der Waals surface area (Å²) in [6.45, 7) is 4.90. The molecule has 0 radical (unpaired) electrons. The molecule has 1 aliphatic heterocycles. The Morgan fingerprint density at radius 3 is 2.26 bits per heavy atom. The summed E-state index contributed by atoms with van der Waals surface area (Å²) in [7, 11) is -4.34. The van der Waals surface area contributed by atoms with E-state index in [1.807, 2.05) is 6.92 Å². The third-order valence-corrected chi connectivity index (χ3v) is 5.61. The lowest BCUT2D eigenvalue weighted by atomic mass is 10.0. The molecule has 0 amide bonds. The minimum Gasteiger partial charge on any atom is -0.350 e. The lowest BCUT2D eigenvalue weighted by molar-refractivity contribution is -0.287. The van der Waals surface area contributed by atoms with E-state index in [9.17, 15) is 8.42 Å². The zero-order chi connectivity index (χ0) is 20.0. The van der Waals surface area contributed by atoms with Crippen molar-refractivity contribution in [2.75, 3.05) is 13.2 Å². The van der Waals surface area contributed by atoms with Crippen LogP contribution in [0.2, 0.25) is 0 Å². The molecule has 1 heterocycles. The molecular weight excluding hydrogens is 368 g/mol. The van der Waals surface area contributed by atoms with Gasteiger partial charge in [-0.3, -0.25) is 4.55 Å². The Bertz CT molecular complexity index is 467. The first-order valence-corrected chi connectivity index (χ1v) is 12.1. The van der Waals surface area contributed by atoms with E-state index in [0.717, 1.165) is 19.3 Å². The highest BCUT2D eigenvalue weighted by molar-refractivity contribution is 7.80. The molecule has 1 saturated heterocycles. The van der Waals surface area contributed by atoms with Crippen molar-refractivity contribution in [3.8, 4) is 0 Å². The zero-order valence-corrected chi connectivity index (χ0v) is 18.1. The van der Waals surface area contributed by atoms with Gasteiger partial charge in [-0.2, -0.15) is 8.42 Å². The summed E-state index contributed by atoms with van der Waals surface area (Å²) in [6, 6.07) is 0. The lowest BCUT2D eigenvalue weighted by Crippen LogP contribution is -2.42. The van der Waals surface area contributed by atoms with Crippen molar-refractivity contribution in [2.45, 2.75) is 116 Å². The summed E-state index contributed by atoms with van der Waals surface area (Å²) in [6.07, 6.45) is 16.2. The molecule has 2 unspecified atom stereocenters. The van der Waals surface area contributed by atoms with Gasteiger partial charge in [0.25, 0.3) is 0 Å². The predicted molar refractivity (Wildman–Crippen MR) is 107 cm³/mol. The summed E-state index contributed by atoms with van der Waals surface area (Å²) in [5.74, 6) is -0.597. The molecule has 7 heteroatoms. The third kappa shape index (κ3) is 13.6. The number of hydrogen-bond acceptors (Lipinski definition) is 5. The highest BCUT2D eigenvalue weighted by Crippen LogP contribution is 2.30. The quantitative estimate of drug-likeness (QED) is 0.271. The van der Waals surface area contributed by atoms with Crippen molar-refractivity contribution in [2.24, 2.45) is 0 Å². The van der Waals surface area contributed by atoms with Gasteiger partial charge in [-0.05, 0) is 32.6 Å². The monoisotopic (exact) mass is 408 g/mol. The van der Waals surface area contributed by atoms with Gasteiger partial charge in [0.15, 0.2) is 5.79 Å². The highest BCUT2D eigenvalue weighted by atomic mass is 32.3. The summed E-state index contributed by atoms with van der Waals surface area (Å²) >= 11 is 0. The maximum absolute atomic E-state index is 10.5. The van der Waals surface area contributed by atoms with E-state index in [1.165, 1.54) is 57.8 Å². The molecule has 1 rings (SSSR count). The van der Waals surface area contributed by atoms with Gasteiger partial charge in [-0.1, -0.05) is 64.7 Å². The van der Waals surface area contributed by atoms with Gasteiger partial charge < -0.3 is 9.47 Å². The second kappa shape index (κ2) is 13.9. The standard InChI is InChI=1S/C20H40O6S/c1-3-4-5-6-7-8-9-10-11-14-19-15-18-24-20(2,26-19)16-12-13-17-25-27(21,22)23/h19H,3-18H2,1-2H3,(H,21,22,23).